The molecular formula is C12H18N2O5S2. The summed E-state index contributed by atoms with van der Waals surface area (Å²) in [5.74, 6) is -0.292. The highest BCUT2D eigenvalue weighted by atomic mass is 32.2. The lowest BCUT2D eigenvalue weighted by atomic mass is 10.2. The number of nitrogens with two attached hydrogens (primary N) is 1. The highest BCUT2D eigenvalue weighted by Gasteiger charge is 2.18. The minimum atomic E-state index is -3.91. The maximum Gasteiger partial charge on any atom is 0.255 e. The summed E-state index contributed by atoms with van der Waals surface area (Å²) in [6.07, 6.45) is 1.54. The fourth-order valence-electron chi connectivity index (χ4n) is 1.49. The number of nitrogens with one attached hydrogen (secondary N) is 1. The van der Waals surface area contributed by atoms with Crippen molar-refractivity contribution in [2.24, 2.45) is 5.14 Å². The average Bonchev–Trinajstić information content (AvgIpc) is 2.42. The van der Waals surface area contributed by atoms with Gasteiger partial charge in [0.05, 0.1) is 17.6 Å². The summed E-state index contributed by atoms with van der Waals surface area (Å²) in [7, 11) is -3.62. The van der Waals surface area contributed by atoms with Gasteiger partial charge in [0, 0.05) is 28.9 Å². The van der Waals surface area contributed by atoms with E-state index in [0.717, 1.165) is 6.07 Å². The third kappa shape index (κ3) is 4.80. The number of rotatable bonds is 6. The van der Waals surface area contributed by atoms with Crippen molar-refractivity contribution in [2.45, 2.75) is 17.1 Å². The van der Waals surface area contributed by atoms with E-state index in [1.807, 2.05) is 0 Å². The molecule has 0 aliphatic rings. The Morgan fingerprint density at radius 3 is 2.57 bits per heavy atom. The van der Waals surface area contributed by atoms with Gasteiger partial charge in [-0.15, -0.1) is 0 Å². The maximum atomic E-state index is 12.1. The highest BCUT2D eigenvalue weighted by molar-refractivity contribution is 7.89. The van der Waals surface area contributed by atoms with Crippen LogP contribution in [0.15, 0.2) is 23.1 Å². The van der Waals surface area contributed by atoms with Crippen molar-refractivity contribution >= 4 is 26.7 Å². The zero-order chi connectivity index (χ0) is 16.2. The third-order valence-electron chi connectivity index (χ3n) is 2.86. The molecule has 0 heterocycles. The molecule has 0 saturated heterocycles. The van der Waals surface area contributed by atoms with Crippen molar-refractivity contribution in [3.8, 4) is 5.75 Å². The SMILES string of the molecule is COc1ccc(S(N)(=O)=O)cc1C(=O)NCC(C)S(C)=O. The Kier molecular flexibility index (Phi) is 5.87. The van der Waals surface area contributed by atoms with Crippen LogP contribution in [0.2, 0.25) is 0 Å². The second kappa shape index (κ2) is 7.01. The van der Waals surface area contributed by atoms with E-state index in [4.69, 9.17) is 9.88 Å². The number of carbonyl (C=O) groups is 1. The highest BCUT2D eigenvalue weighted by Crippen LogP contribution is 2.21. The predicted octanol–water partition coefficient (Wildman–Crippen LogP) is -0.161. The summed E-state index contributed by atoms with van der Waals surface area (Å²) in [5, 5.41) is 7.40. The second-order valence-corrected chi connectivity index (χ2v) is 7.79. The van der Waals surface area contributed by atoms with E-state index < -0.39 is 26.7 Å². The van der Waals surface area contributed by atoms with Gasteiger partial charge in [-0.25, -0.2) is 13.6 Å². The molecule has 2 atom stereocenters. The van der Waals surface area contributed by atoms with Crippen LogP contribution >= 0.6 is 0 Å². The Morgan fingerprint density at radius 1 is 1.48 bits per heavy atom. The van der Waals surface area contributed by atoms with Crippen LogP contribution in [-0.2, 0) is 20.8 Å². The Hall–Kier alpha value is -1.45. The molecule has 1 aromatic rings. The van der Waals surface area contributed by atoms with Crippen molar-refractivity contribution in [3.05, 3.63) is 23.8 Å². The van der Waals surface area contributed by atoms with Crippen LogP contribution in [0.1, 0.15) is 17.3 Å². The first kappa shape index (κ1) is 17.6. The van der Waals surface area contributed by atoms with Crippen LogP contribution in [0.3, 0.4) is 0 Å². The summed E-state index contributed by atoms with van der Waals surface area (Å²) in [6, 6.07) is 3.77. The molecule has 1 aromatic carbocycles. The average molecular weight is 334 g/mol. The van der Waals surface area contributed by atoms with Crippen LogP contribution in [0.25, 0.3) is 0 Å². The summed E-state index contributed by atoms with van der Waals surface area (Å²) in [6.45, 7) is 1.93. The van der Waals surface area contributed by atoms with E-state index in [0.29, 0.717) is 0 Å². The molecule has 118 valence electrons. The minimum absolute atomic E-state index is 0.0538. The Labute approximate surface area is 126 Å². The molecule has 0 aliphatic carbocycles. The zero-order valence-electron chi connectivity index (χ0n) is 12.0. The zero-order valence-corrected chi connectivity index (χ0v) is 13.6. The number of sulfonamides is 1. The fraction of sp³-hybridized carbons (Fsp3) is 0.417. The van der Waals surface area contributed by atoms with Gasteiger partial charge in [0.25, 0.3) is 5.91 Å². The normalized spacial score (nSPS) is 14.3. The monoisotopic (exact) mass is 334 g/mol. The molecule has 2 unspecified atom stereocenters. The first-order valence-corrected chi connectivity index (χ1v) is 9.15. The number of amides is 1. The number of hydrogen-bond donors (Lipinski definition) is 2. The summed E-state index contributed by atoms with van der Waals surface area (Å²) in [4.78, 5) is 11.9. The van der Waals surface area contributed by atoms with E-state index in [2.05, 4.69) is 5.32 Å². The summed E-state index contributed by atoms with van der Waals surface area (Å²) < 4.78 is 38.9. The van der Waals surface area contributed by atoms with E-state index in [1.54, 1.807) is 13.2 Å². The first-order chi connectivity index (χ1) is 9.66. The van der Waals surface area contributed by atoms with Gasteiger partial charge in [-0.3, -0.25) is 9.00 Å². The van der Waals surface area contributed by atoms with Crippen LogP contribution in [0, 0.1) is 0 Å². The molecule has 9 heteroatoms. The number of carbonyl (C=O) groups excluding carboxylic acids is 1. The Morgan fingerprint density at radius 2 is 2.10 bits per heavy atom. The number of benzene rings is 1. The quantitative estimate of drug-likeness (QED) is 0.750. The van der Waals surface area contributed by atoms with Gasteiger partial charge in [-0.1, -0.05) is 0 Å². The molecule has 0 spiro atoms. The molecule has 1 rings (SSSR count). The van der Waals surface area contributed by atoms with Crippen LogP contribution in [0.5, 0.6) is 5.75 Å². The van der Waals surface area contributed by atoms with E-state index in [9.17, 15) is 17.4 Å². The van der Waals surface area contributed by atoms with Crippen molar-refractivity contribution in [3.63, 3.8) is 0 Å². The van der Waals surface area contributed by atoms with Crippen molar-refractivity contribution in [1.29, 1.82) is 0 Å². The third-order valence-corrected chi connectivity index (χ3v) is 5.07. The molecule has 3 N–H and O–H groups in total. The molecule has 0 aliphatic heterocycles. The van der Waals surface area contributed by atoms with Crippen molar-refractivity contribution in [1.82, 2.24) is 5.32 Å². The molecule has 21 heavy (non-hydrogen) atoms. The number of primary sulfonamides is 1. The van der Waals surface area contributed by atoms with Gasteiger partial charge < -0.3 is 10.1 Å². The Bertz CT molecular complexity index is 658. The maximum absolute atomic E-state index is 12.1. The summed E-state index contributed by atoms with van der Waals surface area (Å²) >= 11 is 0. The fourth-order valence-corrected chi connectivity index (χ4v) is 2.35. The van der Waals surface area contributed by atoms with Crippen molar-refractivity contribution in [2.75, 3.05) is 19.9 Å². The van der Waals surface area contributed by atoms with Gasteiger partial charge in [0.1, 0.15) is 5.75 Å². The molecule has 0 fully saturated rings. The predicted molar refractivity (Wildman–Crippen MR) is 80.2 cm³/mol. The standard InChI is InChI=1S/C12H18N2O5S2/c1-8(20(3)16)7-14-12(15)10-6-9(21(13,17)18)4-5-11(10)19-2/h4-6,8H,7H2,1-3H3,(H,14,15)(H2,13,17,18). The molecule has 1 amide bonds. The molecule has 0 bridgehead atoms. The van der Waals surface area contributed by atoms with Crippen molar-refractivity contribution < 1.29 is 22.2 Å². The Balaban J connectivity index is 3.04. The number of hydrogen-bond acceptors (Lipinski definition) is 5. The number of methoxy groups -OCH3 is 1. The van der Waals surface area contributed by atoms with Crippen LogP contribution in [0.4, 0.5) is 0 Å². The van der Waals surface area contributed by atoms with E-state index in [-0.39, 0.29) is 28.0 Å². The minimum Gasteiger partial charge on any atom is -0.496 e. The molecule has 7 nitrogen and oxygen atoms in total. The lowest BCUT2D eigenvalue weighted by Crippen LogP contribution is -2.33. The van der Waals surface area contributed by atoms with Gasteiger partial charge in [-0.05, 0) is 25.1 Å². The van der Waals surface area contributed by atoms with E-state index >= 15 is 0 Å². The first-order valence-electron chi connectivity index (χ1n) is 5.98. The summed E-state index contributed by atoms with van der Waals surface area (Å²) in [5.41, 5.74) is 0.0538. The molecule has 0 aromatic heterocycles. The van der Waals surface area contributed by atoms with Gasteiger partial charge >= 0.3 is 0 Å². The van der Waals surface area contributed by atoms with E-state index in [1.165, 1.54) is 19.2 Å². The van der Waals surface area contributed by atoms with Gasteiger partial charge in [0.15, 0.2) is 0 Å². The topological polar surface area (TPSA) is 116 Å². The largest absolute Gasteiger partial charge is 0.496 e. The molecule has 0 radical (unpaired) electrons. The lowest BCUT2D eigenvalue weighted by Gasteiger charge is -2.13. The smallest absolute Gasteiger partial charge is 0.255 e. The lowest BCUT2D eigenvalue weighted by molar-refractivity contribution is 0.0951. The molecule has 0 saturated carbocycles. The number of ether oxygens (including phenoxy) is 1. The van der Waals surface area contributed by atoms with Gasteiger partial charge in [0.2, 0.25) is 10.0 Å². The van der Waals surface area contributed by atoms with Gasteiger partial charge in [-0.2, -0.15) is 0 Å². The second-order valence-electron chi connectivity index (χ2n) is 4.43. The molecular weight excluding hydrogens is 316 g/mol. The van der Waals surface area contributed by atoms with Crippen LogP contribution in [-0.4, -0.2) is 43.7 Å². The van der Waals surface area contributed by atoms with Crippen LogP contribution < -0.4 is 15.2 Å².